The summed E-state index contributed by atoms with van der Waals surface area (Å²) >= 11 is 0. The zero-order valence-corrected chi connectivity index (χ0v) is 15.5. The molecule has 0 amide bonds. The Morgan fingerprint density at radius 3 is 2.30 bits per heavy atom. The molecule has 4 heteroatoms. The molecular formula is C23H26N2O2. The van der Waals surface area contributed by atoms with E-state index in [1.54, 1.807) is 0 Å². The SMILES string of the molecule is O[C@@H](COc1ccc2ccccc2c1)CN1CCN(c2ccccc2)CC1. The van der Waals surface area contributed by atoms with E-state index in [1.807, 2.05) is 30.3 Å². The van der Waals surface area contributed by atoms with E-state index in [-0.39, 0.29) is 0 Å². The standard InChI is InChI=1S/C23H26N2O2/c26-22(18-27-23-11-10-19-6-4-5-7-20(19)16-23)17-24-12-14-25(15-13-24)21-8-2-1-3-9-21/h1-11,16,22,26H,12-15,17-18H2/t22-/m1/s1. The lowest BCUT2D eigenvalue weighted by molar-refractivity contribution is 0.0663. The van der Waals surface area contributed by atoms with Crippen LogP contribution in [0.5, 0.6) is 5.75 Å². The molecule has 0 aromatic heterocycles. The van der Waals surface area contributed by atoms with Gasteiger partial charge in [-0.05, 0) is 35.0 Å². The maximum Gasteiger partial charge on any atom is 0.120 e. The van der Waals surface area contributed by atoms with Crippen molar-refractivity contribution in [3.63, 3.8) is 0 Å². The predicted molar refractivity (Wildman–Crippen MR) is 111 cm³/mol. The number of para-hydroxylation sites is 1. The fourth-order valence-corrected chi connectivity index (χ4v) is 3.63. The van der Waals surface area contributed by atoms with Gasteiger partial charge in [0.1, 0.15) is 18.5 Å². The van der Waals surface area contributed by atoms with E-state index in [0.717, 1.165) is 37.3 Å². The summed E-state index contributed by atoms with van der Waals surface area (Å²) in [7, 11) is 0. The first-order valence-corrected chi connectivity index (χ1v) is 9.60. The molecule has 0 unspecified atom stereocenters. The number of aliphatic hydroxyl groups excluding tert-OH is 1. The number of benzene rings is 3. The zero-order valence-electron chi connectivity index (χ0n) is 15.5. The third-order valence-corrected chi connectivity index (χ3v) is 5.13. The van der Waals surface area contributed by atoms with E-state index < -0.39 is 6.10 Å². The molecule has 1 N–H and O–H groups in total. The van der Waals surface area contributed by atoms with Gasteiger partial charge in [0.25, 0.3) is 0 Å². The van der Waals surface area contributed by atoms with Crippen molar-refractivity contribution in [3.05, 3.63) is 72.8 Å². The molecule has 0 bridgehead atoms. The fraction of sp³-hybridized carbons (Fsp3) is 0.304. The van der Waals surface area contributed by atoms with Crippen LogP contribution >= 0.6 is 0 Å². The molecule has 27 heavy (non-hydrogen) atoms. The number of hydrogen-bond acceptors (Lipinski definition) is 4. The summed E-state index contributed by atoms with van der Waals surface area (Å²) in [5.41, 5.74) is 1.28. The first-order chi connectivity index (χ1) is 13.3. The third-order valence-electron chi connectivity index (χ3n) is 5.13. The van der Waals surface area contributed by atoms with Crippen LogP contribution in [0.1, 0.15) is 0 Å². The number of aliphatic hydroxyl groups is 1. The molecule has 3 aromatic carbocycles. The number of rotatable bonds is 6. The minimum atomic E-state index is -0.486. The van der Waals surface area contributed by atoms with Crippen LogP contribution in [-0.4, -0.2) is 55.4 Å². The van der Waals surface area contributed by atoms with Gasteiger partial charge in [-0.2, -0.15) is 0 Å². The minimum absolute atomic E-state index is 0.317. The van der Waals surface area contributed by atoms with Crippen molar-refractivity contribution in [3.8, 4) is 5.75 Å². The number of nitrogens with zero attached hydrogens (tertiary/aromatic N) is 2. The molecule has 0 saturated carbocycles. The molecule has 4 rings (SSSR count). The molecule has 0 radical (unpaired) electrons. The van der Waals surface area contributed by atoms with Gasteiger partial charge in [-0.15, -0.1) is 0 Å². The molecule has 1 fully saturated rings. The maximum atomic E-state index is 10.4. The van der Waals surface area contributed by atoms with Crippen molar-refractivity contribution in [2.45, 2.75) is 6.10 Å². The highest BCUT2D eigenvalue weighted by molar-refractivity contribution is 5.83. The molecule has 1 aliphatic rings. The lowest BCUT2D eigenvalue weighted by Gasteiger charge is -2.36. The Balaban J connectivity index is 1.24. The van der Waals surface area contributed by atoms with Crippen LogP contribution in [0.2, 0.25) is 0 Å². The van der Waals surface area contributed by atoms with Gasteiger partial charge in [-0.1, -0.05) is 48.5 Å². The van der Waals surface area contributed by atoms with Gasteiger partial charge in [0.15, 0.2) is 0 Å². The third kappa shape index (κ3) is 4.59. The van der Waals surface area contributed by atoms with Gasteiger partial charge < -0.3 is 14.7 Å². The summed E-state index contributed by atoms with van der Waals surface area (Å²) in [6.45, 7) is 4.86. The van der Waals surface area contributed by atoms with Gasteiger partial charge >= 0.3 is 0 Å². The molecule has 1 atom stereocenters. The molecule has 1 saturated heterocycles. The van der Waals surface area contributed by atoms with Crippen molar-refractivity contribution >= 4 is 16.5 Å². The highest BCUT2D eigenvalue weighted by Gasteiger charge is 2.19. The second-order valence-corrected chi connectivity index (χ2v) is 7.10. The van der Waals surface area contributed by atoms with E-state index in [1.165, 1.54) is 11.1 Å². The quantitative estimate of drug-likeness (QED) is 0.729. The van der Waals surface area contributed by atoms with Crippen molar-refractivity contribution in [2.75, 3.05) is 44.2 Å². The molecule has 140 valence electrons. The Bertz CT molecular complexity index is 860. The minimum Gasteiger partial charge on any atom is -0.491 e. The molecule has 0 spiro atoms. The van der Waals surface area contributed by atoms with Crippen LogP contribution in [0.4, 0.5) is 5.69 Å². The number of β-amino-alcohol motifs (C(OH)–C–C–N with tert-alkyl or cyclic N) is 1. The van der Waals surface area contributed by atoms with E-state index in [9.17, 15) is 5.11 Å². The Hall–Kier alpha value is -2.56. The lowest BCUT2D eigenvalue weighted by atomic mass is 10.1. The lowest BCUT2D eigenvalue weighted by Crippen LogP contribution is -2.49. The topological polar surface area (TPSA) is 35.9 Å². The monoisotopic (exact) mass is 362 g/mol. The van der Waals surface area contributed by atoms with Crippen molar-refractivity contribution in [1.82, 2.24) is 4.90 Å². The van der Waals surface area contributed by atoms with Crippen LogP contribution in [0, 0.1) is 0 Å². The Kier molecular flexibility index (Phi) is 5.56. The first kappa shape index (κ1) is 17.8. The second kappa shape index (κ2) is 8.42. The van der Waals surface area contributed by atoms with Gasteiger partial charge in [0.2, 0.25) is 0 Å². The van der Waals surface area contributed by atoms with Crippen LogP contribution < -0.4 is 9.64 Å². The molecule has 0 aliphatic carbocycles. The van der Waals surface area contributed by atoms with Crippen molar-refractivity contribution in [2.24, 2.45) is 0 Å². The Morgan fingerprint density at radius 1 is 0.815 bits per heavy atom. The van der Waals surface area contributed by atoms with Crippen molar-refractivity contribution < 1.29 is 9.84 Å². The smallest absolute Gasteiger partial charge is 0.120 e. The number of piperazine rings is 1. The molecule has 3 aromatic rings. The van der Waals surface area contributed by atoms with E-state index >= 15 is 0 Å². The van der Waals surface area contributed by atoms with E-state index in [0.29, 0.717) is 13.2 Å². The first-order valence-electron chi connectivity index (χ1n) is 9.60. The summed E-state index contributed by atoms with van der Waals surface area (Å²) < 4.78 is 5.82. The summed E-state index contributed by atoms with van der Waals surface area (Å²) in [4.78, 5) is 4.71. The van der Waals surface area contributed by atoms with Gasteiger partial charge in [-0.25, -0.2) is 0 Å². The van der Waals surface area contributed by atoms with Gasteiger partial charge in [0, 0.05) is 38.4 Å². The number of fused-ring (bicyclic) bond motifs is 1. The fourth-order valence-electron chi connectivity index (χ4n) is 3.63. The summed E-state index contributed by atoms with van der Waals surface area (Å²) in [6, 6.07) is 24.8. The van der Waals surface area contributed by atoms with E-state index in [2.05, 4.69) is 52.3 Å². The molecule has 1 aliphatic heterocycles. The average molecular weight is 362 g/mol. The normalized spacial score (nSPS) is 16.4. The molecule has 4 nitrogen and oxygen atoms in total. The van der Waals surface area contributed by atoms with Gasteiger partial charge in [0.05, 0.1) is 0 Å². The largest absolute Gasteiger partial charge is 0.491 e. The number of hydrogen-bond donors (Lipinski definition) is 1. The van der Waals surface area contributed by atoms with Crippen LogP contribution in [0.15, 0.2) is 72.8 Å². The summed E-state index contributed by atoms with van der Waals surface area (Å²) in [5.74, 6) is 0.807. The molecular weight excluding hydrogens is 336 g/mol. The van der Waals surface area contributed by atoms with Crippen LogP contribution in [0.25, 0.3) is 10.8 Å². The summed E-state index contributed by atoms with van der Waals surface area (Å²) in [5, 5.41) is 12.7. The summed E-state index contributed by atoms with van der Waals surface area (Å²) in [6.07, 6.45) is -0.486. The highest BCUT2D eigenvalue weighted by atomic mass is 16.5. The Labute approximate surface area is 160 Å². The van der Waals surface area contributed by atoms with Crippen LogP contribution in [0.3, 0.4) is 0 Å². The number of ether oxygens (including phenoxy) is 1. The average Bonchev–Trinajstić information content (AvgIpc) is 2.73. The van der Waals surface area contributed by atoms with E-state index in [4.69, 9.17) is 4.74 Å². The van der Waals surface area contributed by atoms with Crippen LogP contribution in [-0.2, 0) is 0 Å². The highest BCUT2D eigenvalue weighted by Crippen LogP contribution is 2.21. The second-order valence-electron chi connectivity index (χ2n) is 7.10. The maximum absolute atomic E-state index is 10.4. The molecule has 1 heterocycles. The number of anilines is 1. The Morgan fingerprint density at radius 2 is 1.52 bits per heavy atom. The predicted octanol–water partition coefficient (Wildman–Crippen LogP) is 3.40. The zero-order chi connectivity index (χ0) is 18.5. The van der Waals surface area contributed by atoms with Gasteiger partial charge in [-0.3, -0.25) is 4.90 Å². The van der Waals surface area contributed by atoms with Crippen molar-refractivity contribution in [1.29, 1.82) is 0 Å².